The van der Waals surface area contributed by atoms with E-state index in [9.17, 15) is 0 Å². The zero-order valence-electron chi connectivity index (χ0n) is 10.9. The van der Waals surface area contributed by atoms with Crippen molar-refractivity contribution in [1.82, 2.24) is 4.98 Å². The molecule has 2 heteroatoms. The van der Waals surface area contributed by atoms with Crippen LogP contribution in [-0.4, -0.2) is 11.5 Å². The molecular weight excluding hydrogens is 196 g/mol. The lowest BCUT2D eigenvalue weighted by Gasteiger charge is -2.09. The van der Waals surface area contributed by atoms with E-state index in [1.165, 1.54) is 24.8 Å². The van der Waals surface area contributed by atoms with E-state index in [4.69, 9.17) is 5.73 Å². The van der Waals surface area contributed by atoms with Crippen molar-refractivity contribution in [3.63, 3.8) is 0 Å². The van der Waals surface area contributed by atoms with Crippen LogP contribution in [0, 0.1) is 0 Å². The molecule has 0 aliphatic rings. The van der Waals surface area contributed by atoms with E-state index in [-0.39, 0.29) is 0 Å². The van der Waals surface area contributed by atoms with Gasteiger partial charge < -0.3 is 5.73 Å². The third-order valence-corrected chi connectivity index (χ3v) is 2.53. The quantitative estimate of drug-likeness (QED) is 0.824. The van der Waals surface area contributed by atoms with Gasteiger partial charge in [-0.1, -0.05) is 39.7 Å². The summed E-state index contributed by atoms with van der Waals surface area (Å²) in [5.74, 6) is 0.665. The van der Waals surface area contributed by atoms with Gasteiger partial charge in [-0.3, -0.25) is 4.98 Å². The average molecular weight is 222 g/mol. The Labute approximate surface area is 100 Å². The molecule has 0 aromatic carbocycles. The van der Waals surface area contributed by atoms with Crippen LogP contribution < -0.4 is 5.73 Å². The Morgan fingerprint density at radius 3 is 2.44 bits per heavy atom. The lowest BCUT2D eigenvalue weighted by molar-refractivity contribution is 0.622. The fourth-order valence-electron chi connectivity index (χ4n) is 1.34. The Morgan fingerprint density at radius 1 is 1.31 bits per heavy atom. The number of hydrogen-bond donors (Lipinski definition) is 1. The van der Waals surface area contributed by atoms with E-state index in [2.05, 4.69) is 31.8 Å². The van der Waals surface area contributed by atoms with Gasteiger partial charge in [0.25, 0.3) is 0 Å². The van der Waals surface area contributed by atoms with Crippen LogP contribution in [0.15, 0.2) is 24.5 Å². The first-order valence-corrected chi connectivity index (χ1v) is 6.36. The van der Waals surface area contributed by atoms with Gasteiger partial charge in [-0.15, -0.1) is 0 Å². The summed E-state index contributed by atoms with van der Waals surface area (Å²) in [7, 11) is 0. The number of nitrogens with zero attached hydrogens (tertiary/aromatic N) is 1. The topological polar surface area (TPSA) is 38.9 Å². The molecule has 1 heterocycles. The van der Waals surface area contributed by atoms with E-state index >= 15 is 0 Å². The molecule has 0 bridgehead atoms. The summed E-state index contributed by atoms with van der Waals surface area (Å²) < 4.78 is 0. The van der Waals surface area contributed by atoms with Gasteiger partial charge in [0.05, 0.1) is 0 Å². The highest BCUT2D eigenvalue weighted by Crippen LogP contribution is 2.19. The molecule has 0 fully saturated rings. The van der Waals surface area contributed by atoms with Crippen LogP contribution in [0.1, 0.15) is 57.9 Å². The molecule has 92 valence electrons. The van der Waals surface area contributed by atoms with Crippen LogP contribution in [0.2, 0.25) is 0 Å². The molecule has 1 aromatic heterocycles. The standard InChI is InChI=1S/C11H17N.C3H9N/c1-3-4-6-10(2)11-7-5-8-12-9-11;1-2-3-4/h5,7-10H,3-4,6H2,1-2H3;2-4H2,1H3. The maximum absolute atomic E-state index is 5.03. The molecule has 16 heavy (non-hydrogen) atoms. The minimum atomic E-state index is 0.665. The first-order valence-electron chi connectivity index (χ1n) is 6.36. The highest BCUT2D eigenvalue weighted by atomic mass is 14.6. The predicted molar refractivity (Wildman–Crippen MR) is 71.5 cm³/mol. The normalized spacial score (nSPS) is 11.5. The smallest absolute Gasteiger partial charge is 0.0302 e. The molecule has 0 amide bonds. The molecule has 0 saturated carbocycles. The molecule has 0 aliphatic carbocycles. The van der Waals surface area contributed by atoms with Crippen LogP contribution in [-0.2, 0) is 0 Å². The minimum absolute atomic E-state index is 0.665. The van der Waals surface area contributed by atoms with Gasteiger partial charge in [-0.2, -0.15) is 0 Å². The first-order chi connectivity index (χ1) is 7.76. The van der Waals surface area contributed by atoms with Crippen LogP contribution in [0.5, 0.6) is 0 Å². The number of rotatable bonds is 5. The maximum atomic E-state index is 5.03. The number of unbranched alkanes of at least 4 members (excludes halogenated alkanes) is 1. The number of pyridine rings is 1. The van der Waals surface area contributed by atoms with Gasteiger partial charge in [0.1, 0.15) is 0 Å². The number of hydrogen-bond acceptors (Lipinski definition) is 2. The number of nitrogens with two attached hydrogens (primary N) is 1. The van der Waals surface area contributed by atoms with Gasteiger partial charge in [0.15, 0.2) is 0 Å². The molecule has 2 nitrogen and oxygen atoms in total. The van der Waals surface area contributed by atoms with Crippen LogP contribution in [0.4, 0.5) is 0 Å². The summed E-state index contributed by atoms with van der Waals surface area (Å²) >= 11 is 0. The fourth-order valence-corrected chi connectivity index (χ4v) is 1.34. The van der Waals surface area contributed by atoms with Gasteiger partial charge in [-0.05, 0) is 36.9 Å². The Balaban J connectivity index is 0.000000487. The van der Waals surface area contributed by atoms with E-state index in [0.29, 0.717) is 5.92 Å². The van der Waals surface area contributed by atoms with Crippen LogP contribution in [0.3, 0.4) is 0 Å². The fraction of sp³-hybridized carbons (Fsp3) is 0.643. The van der Waals surface area contributed by atoms with E-state index in [1.807, 2.05) is 18.5 Å². The predicted octanol–water partition coefficient (Wildman–Crippen LogP) is 3.73. The summed E-state index contributed by atoms with van der Waals surface area (Å²) in [6.45, 7) is 7.38. The Kier molecular flexibility index (Phi) is 10.0. The summed E-state index contributed by atoms with van der Waals surface area (Å²) in [5.41, 5.74) is 6.39. The molecule has 1 rings (SSSR count). The monoisotopic (exact) mass is 222 g/mol. The lowest BCUT2D eigenvalue weighted by Crippen LogP contribution is -1.93. The second-order valence-electron chi connectivity index (χ2n) is 4.12. The molecule has 1 aromatic rings. The second kappa shape index (κ2) is 10.6. The Bertz CT molecular complexity index is 232. The first kappa shape index (κ1) is 15.1. The summed E-state index contributed by atoms with van der Waals surface area (Å²) in [6.07, 6.45) is 8.78. The van der Waals surface area contributed by atoms with E-state index in [1.54, 1.807) is 0 Å². The highest BCUT2D eigenvalue weighted by molar-refractivity contribution is 5.13. The summed E-state index contributed by atoms with van der Waals surface area (Å²) in [6, 6.07) is 4.17. The molecule has 1 unspecified atom stereocenters. The molecule has 0 aliphatic heterocycles. The molecule has 2 N–H and O–H groups in total. The summed E-state index contributed by atoms with van der Waals surface area (Å²) in [5, 5.41) is 0. The van der Waals surface area contributed by atoms with Crippen molar-refractivity contribution in [1.29, 1.82) is 0 Å². The van der Waals surface area contributed by atoms with Crippen LogP contribution in [0.25, 0.3) is 0 Å². The van der Waals surface area contributed by atoms with Crippen LogP contribution >= 0.6 is 0 Å². The van der Waals surface area contributed by atoms with Gasteiger partial charge in [-0.25, -0.2) is 0 Å². The molecular formula is C14H26N2. The average Bonchev–Trinajstić information content (AvgIpc) is 2.37. The van der Waals surface area contributed by atoms with Crippen molar-refractivity contribution >= 4 is 0 Å². The zero-order chi connectivity index (χ0) is 12.2. The van der Waals surface area contributed by atoms with Gasteiger partial charge in [0.2, 0.25) is 0 Å². The van der Waals surface area contributed by atoms with Crippen molar-refractivity contribution < 1.29 is 0 Å². The minimum Gasteiger partial charge on any atom is -0.330 e. The van der Waals surface area contributed by atoms with Crippen molar-refractivity contribution in [2.45, 2.75) is 52.4 Å². The van der Waals surface area contributed by atoms with E-state index < -0.39 is 0 Å². The molecule has 1 atom stereocenters. The lowest BCUT2D eigenvalue weighted by atomic mass is 9.97. The van der Waals surface area contributed by atoms with Crippen molar-refractivity contribution in [3.8, 4) is 0 Å². The second-order valence-corrected chi connectivity index (χ2v) is 4.12. The van der Waals surface area contributed by atoms with Crippen molar-refractivity contribution in [3.05, 3.63) is 30.1 Å². The third-order valence-electron chi connectivity index (χ3n) is 2.53. The molecule has 0 radical (unpaired) electrons. The Hall–Kier alpha value is -0.890. The van der Waals surface area contributed by atoms with Crippen molar-refractivity contribution in [2.24, 2.45) is 5.73 Å². The van der Waals surface area contributed by atoms with Gasteiger partial charge >= 0.3 is 0 Å². The maximum Gasteiger partial charge on any atom is 0.0302 e. The molecule has 0 saturated heterocycles. The van der Waals surface area contributed by atoms with Gasteiger partial charge in [0, 0.05) is 12.4 Å². The highest BCUT2D eigenvalue weighted by Gasteiger charge is 2.03. The SMILES string of the molecule is CCCCC(C)c1cccnc1.CCCN. The Morgan fingerprint density at radius 2 is 2.00 bits per heavy atom. The number of aromatic nitrogens is 1. The largest absolute Gasteiger partial charge is 0.330 e. The van der Waals surface area contributed by atoms with E-state index in [0.717, 1.165) is 13.0 Å². The zero-order valence-corrected chi connectivity index (χ0v) is 10.9. The van der Waals surface area contributed by atoms with Crippen molar-refractivity contribution in [2.75, 3.05) is 6.54 Å². The third kappa shape index (κ3) is 7.41. The molecule has 0 spiro atoms. The summed E-state index contributed by atoms with van der Waals surface area (Å²) in [4.78, 5) is 4.11.